The minimum atomic E-state index is -0.637. The number of rotatable bonds is 6. The minimum Gasteiger partial charge on any atom is -0.486 e. The average molecular weight is 601 g/mol. The first-order valence-corrected chi connectivity index (χ1v) is 14.0. The number of pyridine rings is 1. The summed E-state index contributed by atoms with van der Waals surface area (Å²) in [5.41, 5.74) is 1.19. The first-order chi connectivity index (χ1) is 20.6. The fourth-order valence-corrected chi connectivity index (χ4v) is 4.76. The van der Waals surface area contributed by atoms with Crippen LogP contribution in [0, 0.1) is 22.0 Å². The molecule has 2 aromatic carbocycles. The maximum absolute atomic E-state index is 12.6. The normalized spacial score (nSPS) is 14.6. The number of amides is 1. The van der Waals surface area contributed by atoms with Gasteiger partial charge in [0.25, 0.3) is 5.69 Å². The maximum Gasteiger partial charge on any atom is 0.411 e. The number of carbonyl (C=O) groups is 1. The molecule has 1 aliphatic heterocycles. The second kappa shape index (κ2) is 12.5. The van der Waals surface area contributed by atoms with E-state index in [2.05, 4.69) is 32.1 Å². The van der Waals surface area contributed by atoms with E-state index in [9.17, 15) is 14.9 Å². The molecule has 1 saturated heterocycles. The number of anilines is 2. The summed E-state index contributed by atoms with van der Waals surface area (Å²) in [4.78, 5) is 38.6. The Balaban J connectivity index is 1.38. The molecule has 220 valence electrons. The molecule has 12 heteroatoms. The van der Waals surface area contributed by atoms with Crippen LogP contribution < -0.4 is 10.1 Å². The van der Waals surface area contributed by atoms with Crippen molar-refractivity contribution >= 4 is 45.8 Å². The Morgan fingerprint density at radius 2 is 2.02 bits per heavy atom. The third-order valence-electron chi connectivity index (χ3n) is 6.50. The number of hydrogen-bond donors (Lipinski definition) is 1. The summed E-state index contributed by atoms with van der Waals surface area (Å²) >= 11 is 6.46. The Labute approximate surface area is 253 Å². The molecule has 0 saturated carbocycles. The van der Waals surface area contributed by atoms with Gasteiger partial charge in [-0.15, -0.1) is 0 Å². The van der Waals surface area contributed by atoms with E-state index < -0.39 is 22.7 Å². The van der Waals surface area contributed by atoms with Crippen molar-refractivity contribution in [3.05, 3.63) is 87.4 Å². The standard InChI is InChI=1S/C31H29ClN6O5/c1-31(2,3)43-30(39)37-14-6-8-23(37)11-9-20-15-26-24(17-27(20)38(40)41)29(35-19-34-26)36-21-10-12-28(25(32)16-21)42-18-22-7-4-5-13-33-22/h4-5,7,10,12-13,15-17,19,23H,6,8,14,18H2,1-3H3,(H,34,35,36). The summed E-state index contributed by atoms with van der Waals surface area (Å²) in [6.45, 7) is 6.17. The average Bonchev–Trinajstić information content (AvgIpc) is 3.44. The topological polar surface area (TPSA) is 133 Å². The van der Waals surface area contributed by atoms with Gasteiger partial charge in [0.1, 0.15) is 35.7 Å². The smallest absolute Gasteiger partial charge is 0.411 e. The highest BCUT2D eigenvalue weighted by Gasteiger charge is 2.31. The molecule has 0 aliphatic carbocycles. The number of benzene rings is 2. The van der Waals surface area contributed by atoms with Crippen molar-refractivity contribution in [3.8, 4) is 17.6 Å². The van der Waals surface area contributed by atoms with Crippen molar-refractivity contribution in [2.75, 3.05) is 11.9 Å². The Hall–Kier alpha value is -4.95. The zero-order valence-electron chi connectivity index (χ0n) is 23.8. The van der Waals surface area contributed by atoms with Crippen LogP contribution >= 0.6 is 11.6 Å². The number of likely N-dealkylation sites (tertiary alicyclic amines) is 1. The highest BCUT2D eigenvalue weighted by Crippen LogP contribution is 2.33. The molecule has 1 atom stereocenters. The number of fused-ring (bicyclic) bond motifs is 1. The molecule has 1 aliphatic rings. The number of halogens is 1. The number of nitrogens with zero attached hydrogens (tertiary/aromatic N) is 5. The van der Waals surface area contributed by atoms with Crippen molar-refractivity contribution in [1.82, 2.24) is 19.9 Å². The van der Waals surface area contributed by atoms with Crippen molar-refractivity contribution in [3.63, 3.8) is 0 Å². The van der Waals surface area contributed by atoms with Gasteiger partial charge in [-0.05, 0) is 70.0 Å². The molecule has 0 spiro atoms. The summed E-state index contributed by atoms with van der Waals surface area (Å²) < 4.78 is 11.3. The van der Waals surface area contributed by atoms with E-state index >= 15 is 0 Å². The second-order valence-electron chi connectivity index (χ2n) is 10.8. The number of nitro groups is 1. The lowest BCUT2D eigenvalue weighted by atomic mass is 10.1. The van der Waals surface area contributed by atoms with Gasteiger partial charge < -0.3 is 14.8 Å². The van der Waals surface area contributed by atoms with E-state index in [1.165, 1.54) is 12.4 Å². The second-order valence-corrected chi connectivity index (χ2v) is 11.3. The fourth-order valence-electron chi connectivity index (χ4n) is 4.53. The van der Waals surface area contributed by atoms with Crippen LogP contribution in [-0.2, 0) is 11.3 Å². The molecule has 5 rings (SSSR count). The Morgan fingerprint density at radius 1 is 1.19 bits per heavy atom. The molecular weight excluding hydrogens is 572 g/mol. The number of ether oxygens (including phenoxy) is 2. The summed E-state index contributed by atoms with van der Waals surface area (Å²) in [6.07, 6.45) is 4.02. The van der Waals surface area contributed by atoms with Crippen LogP contribution in [0.4, 0.5) is 22.0 Å². The SMILES string of the molecule is CC(C)(C)OC(=O)N1CCCC1C#Cc1cc2ncnc(Nc3ccc(OCc4ccccn4)c(Cl)c3)c2cc1[N+](=O)[O-]. The molecule has 4 aromatic rings. The lowest BCUT2D eigenvalue weighted by molar-refractivity contribution is -0.385. The van der Waals surface area contributed by atoms with Crippen LogP contribution in [0.5, 0.6) is 5.75 Å². The quantitative estimate of drug-likeness (QED) is 0.146. The third kappa shape index (κ3) is 7.28. The number of carbonyl (C=O) groups excluding carboxylic acids is 1. The summed E-state index contributed by atoms with van der Waals surface area (Å²) in [7, 11) is 0. The highest BCUT2D eigenvalue weighted by atomic mass is 35.5. The molecule has 0 radical (unpaired) electrons. The van der Waals surface area contributed by atoms with Crippen LogP contribution in [-0.4, -0.2) is 49.1 Å². The zero-order valence-corrected chi connectivity index (χ0v) is 24.6. The van der Waals surface area contributed by atoms with E-state index in [1.54, 1.807) is 56.1 Å². The summed E-state index contributed by atoms with van der Waals surface area (Å²) in [5.74, 6) is 6.81. The monoisotopic (exact) mass is 600 g/mol. The maximum atomic E-state index is 12.6. The van der Waals surface area contributed by atoms with E-state index in [4.69, 9.17) is 21.1 Å². The summed E-state index contributed by atoms with van der Waals surface area (Å²) in [6, 6.07) is 13.3. The van der Waals surface area contributed by atoms with Gasteiger partial charge in [0, 0.05) is 29.9 Å². The molecule has 0 bridgehead atoms. The highest BCUT2D eigenvalue weighted by molar-refractivity contribution is 6.32. The van der Waals surface area contributed by atoms with Crippen LogP contribution in [0.1, 0.15) is 44.9 Å². The van der Waals surface area contributed by atoms with Crippen molar-refractivity contribution in [2.45, 2.75) is 51.9 Å². The van der Waals surface area contributed by atoms with E-state index in [-0.39, 0.29) is 17.9 Å². The number of nitrogens with one attached hydrogen (secondary N) is 1. The van der Waals surface area contributed by atoms with Gasteiger partial charge in [-0.25, -0.2) is 14.8 Å². The Kier molecular flexibility index (Phi) is 8.59. The lowest BCUT2D eigenvalue weighted by Gasteiger charge is -2.26. The third-order valence-corrected chi connectivity index (χ3v) is 6.80. The van der Waals surface area contributed by atoms with Crippen LogP contribution in [0.25, 0.3) is 10.9 Å². The fraction of sp³-hybridized carbons (Fsp3) is 0.290. The van der Waals surface area contributed by atoms with Gasteiger partial charge in [0.05, 0.1) is 27.2 Å². The minimum absolute atomic E-state index is 0.190. The number of hydrogen-bond acceptors (Lipinski definition) is 9. The Morgan fingerprint density at radius 3 is 2.74 bits per heavy atom. The molecule has 43 heavy (non-hydrogen) atoms. The number of aromatic nitrogens is 3. The van der Waals surface area contributed by atoms with Crippen LogP contribution in [0.15, 0.2) is 61.1 Å². The molecule has 1 N–H and O–H groups in total. The van der Waals surface area contributed by atoms with Crippen LogP contribution in [0.2, 0.25) is 5.02 Å². The number of nitro benzene ring substituents is 1. The predicted octanol–water partition coefficient (Wildman–Crippen LogP) is 6.66. The van der Waals surface area contributed by atoms with E-state index in [0.29, 0.717) is 46.1 Å². The van der Waals surface area contributed by atoms with E-state index in [0.717, 1.165) is 12.1 Å². The first kappa shape index (κ1) is 29.5. The summed E-state index contributed by atoms with van der Waals surface area (Å²) in [5, 5.41) is 16.0. The molecule has 3 heterocycles. The van der Waals surface area contributed by atoms with Gasteiger partial charge in [-0.1, -0.05) is 29.5 Å². The van der Waals surface area contributed by atoms with Gasteiger partial charge >= 0.3 is 6.09 Å². The lowest BCUT2D eigenvalue weighted by Crippen LogP contribution is -2.39. The molecule has 2 aromatic heterocycles. The first-order valence-electron chi connectivity index (χ1n) is 13.6. The van der Waals surface area contributed by atoms with E-state index in [1.807, 2.05) is 18.2 Å². The molecule has 11 nitrogen and oxygen atoms in total. The predicted molar refractivity (Wildman–Crippen MR) is 162 cm³/mol. The van der Waals surface area contributed by atoms with Gasteiger partial charge in [0.2, 0.25) is 0 Å². The zero-order chi connectivity index (χ0) is 30.6. The van der Waals surface area contributed by atoms with Crippen LogP contribution in [0.3, 0.4) is 0 Å². The van der Waals surface area contributed by atoms with Gasteiger partial charge in [0.15, 0.2) is 0 Å². The van der Waals surface area contributed by atoms with Crippen molar-refractivity contribution in [1.29, 1.82) is 0 Å². The Bertz CT molecular complexity index is 1730. The van der Waals surface area contributed by atoms with Gasteiger partial charge in [-0.3, -0.25) is 20.0 Å². The van der Waals surface area contributed by atoms with Crippen molar-refractivity contribution in [2.24, 2.45) is 0 Å². The molecule has 1 amide bonds. The van der Waals surface area contributed by atoms with Crippen molar-refractivity contribution < 1.29 is 19.2 Å². The molecule has 1 fully saturated rings. The van der Waals surface area contributed by atoms with Gasteiger partial charge in [-0.2, -0.15) is 0 Å². The largest absolute Gasteiger partial charge is 0.486 e. The molecular formula is C31H29ClN6O5. The molecule has 1 unspecified atom stereocenters.